The Morgan fingerprint density at radius 3 is 2.76 bits per heavy atom. The van der Waals surface area contributed by atoms with Gasteiger partial charge < -0.3 is 10.1 Å². The molecular weight excluding hydrogens is 232 g/mol. The maximum Gasteiger partial charge on any atom is 0.218 e. The number of methoxy groups -OCH3 is 1. The highest BCUT2D eigenvalue weighted by Gasteiger charge is 2.18. The third kappa shape index (κ3) is 2.48. The van der Waals surface area contributed by atoms with Crippen LogP contribution >= 0.6 is 11.3 Å². The summed E-state index contributed by atoms with van der Waals surface area (Å²) >= 11 is 1.79. The van der Waals surface area contributed by atoms with E-state index < -0.39 is 0 Å². The molecule has 1 N–H and O–H groups in total. The molecule has 17 heavy (non-hydrogen) atoms. The van der Waals surface area contributed by atoms with Gasteiger partial charge in [0.05, 0.1) is 13.2 Å². The van der Waals surface area contributed by atoms with E-state index in [0.29, 0.717) is 5.88 Å². The molecule has 0 bridgehead atoms. The van der Waals surface area contributed by atoms with Gasteiger partial charge in [0, 0.05) is 21.5 Å². The van der Waals surface area contributed by atoms with Gasteiger partial charge in [0.1, 0.15) is 0 Å². The molecule has 0 aromatic carbocycles. The molecule has 0 radical (unpaired) electrons. The quantitative estimate of drug-likeness (QED) is 0.903. The third-order valence-electron chi connectivity index (χ3n) is 2.64. The number of nitrogens with zero attached hydrogens (tertiary/aromatic N) is 1. The molecule has 0 aliphatic heterocycles. The van der Waals surface area contributed by atoms with Crippen molar-refractivity contribution in [2.75, 3.05) is 14.2 Å². The van der Waals surface area contributed by atoms with Crippen molar-refractivity contribution in [2.24, 2.45) is 0 Å². The first-order chi connectivity index (χ1) is 8.26. The van der Waals surface area contributed by atoms with E-state index >= 15 is 0 Å². The summed E-state index contributed by atoms with van der Waals surface area (Å²) in [5.74, 6) is 0.679. The first kappa shape index (κ1) is 12.1. The van der Waals surface area contributed by atoms with Crippen LogP contribution in [-0.4, -0.2) is 19.1 Å². The zero-order chi connectivity index (χ0) is 12.3. The smallest absolute Gasteiger partial charge is 0.218 e. The molecule has 4 heteroatoms. The summed E-state index contributed by atoms with van der Waals surface area (Å²) in [5, 5.41) is 3.31. The lowest BCUT2D eigenvalue weighted by Crippen LogP contribution is -2.17. The summed E-state index contributed by atoms with van der Waals surface area (Å²) < 4.78 is 5.31. The summed E-state index contributed by atoms with van der Waals surface area (Å²) in [5.41, 5.74) is 1.07. The number of thiophene rings is 1. The second-order valence-electron chi connectivity index (χ2n) is 3.77. The number of aromatic nitrogens is 1. The van der Waals surface area contributed by atoms with E-state index in [2.05, 4.69) is 29.4 Å². The second-order valence-corrected chi connectivity index (χ2v) is 5.09. The number of hydrogen-bond acceptors (Lipinski definition) is 4. The SMILES string of the molecule is CNC(c1ccc(C)s1)c1cccnc1OC. The highest BCUT2D eigenvalue weighted by molar-refractivity contribution is 7.12. The minimum absolute atomic E-state index is 0.136. The number of ether oxygens (including phenoxy) is 1. The fraction of sp³-hybridized carbons (Fsp3) is 0.308. The Bertz CT molecular complexity index is 496. The van der Waals surface area contributed by atoms with Gasteiger partial charge in [-0.1, -0.05) is 6.07 Å². The fourth-order valence-corrected chi connectivity index (χ4v) is 2.86. The monoisotopic (exact) mass is 248 g/mol. The van der Waals surface area contributed by atoms with E-state index in [1.165, 1.54) is 9.75 Å². The lowest BCUT2D eigenvalue weighted by Gasteiger charge is -2.17. The first-order valence-electron chi connectivity index (χ1n) is 5.48. The molecule has 0 saturated heterocycles. The van der Waals surface area contributed by atoms with Crippen LogP contribution in [0.2, 0.25) is 0 Å². The lowest BCUT2D eigenvalue weighted by molar-refractivity contribution is 0.388. The van der Waals surface area contributed by atoms with Gasteiger partial charge in [-0.15, -0.1) is 11.3 Å². The summed E-state index contributed by atoms with van der Waals surface area (Å²) in [6, 6.07) is 8.39. The van der Waals surface area contributed by atoms with Gasteiger partial charge in [-0.05, 0) is 32.2 Å². The van der Waals surface area contributed by atoms with E-state index in [-0.39, 0.29) is 6.04 Å². The Balaban J connectivity index is 2.41. The zero-order valence-electron chi connectivity index (χ0n) is 10.2. The minimum atomic E-state index is 0.136. The molecule has 0 aliphatic carbocycles. The number of aryl methyl sites for hydroxylation is 1. The molecule has 1 unspecified atom stereocenters. The molecule has 3 nitrogen and oxygen atoms in total. The Morgan fingerprint density at radius 1 is 1.35 bits per heavy atom. The van der Waals surface area contributed by atoms with Crippen LogP contribution in [0.25, 0.3) is 0 Å². The average molecular weight is 248 g/mol. The number of hydrogen-bond donors (Lipinski definition) is 1. The molecule has 2 heterocycles. The van der Waals surface area contributed by atoms with Crippen molar-refractivity contribution in [1.29, 1.82) is 0 Å². The Hall–Kier alpha value is -1.39. The zero-order valence-corrected chi connectivity index (χ0v) is 11.0. The molecular formula is C13H16N2OS. The summed E-state index contributed by atoms with van der Waals surface area (Å²) in [7, 11) is 3.60. The van der Waals surface area contributed by atoms with Crippen molar-refractivity contribution in [1.82, 2.24) is 10.3 Å². The highest BCUT2D eigenvalue weighted by Crippen LogP contribution is 2.31. The van der Waals surface area contributed by atoms with E-state index in [1.54, 1.807) is 24.6 Å². The van der Waals surface area contributed by atoms with Crippen molar-refractivity contribution in [3.63, 3.8) is 0 Å². The predicted molar refractivity (Wildman–Crippen MR) is 70.7 cm³/mol. The molecule has 0 fully saturated rings. The predicted octanol–water partition coefficient (Wildman–Crippen LogP) is 2.77. The van der Waals surface area contributed by atoms with Gasteiger partial charge in [0.2, 0.25) is 5.88 Å². The molecule has 90 valence electrons. The molecule has 2 aromatic heterocycles. The van der Waals surface area contributed by atoms with Crippen LogP contribution in [0.1, 0.15) is 21.4 Å². The van der Waals surface area contributed by atoms with E-state index in [9.17, 15) is 0 Å². The molecule has 0 saturated carbocycles. The standard InChI is InChI=1S/C13H16N2OS/c1-9-6-7-11(17-9)12(14-2)10-5-4-8-15-13(10)16-3/h4-8,12,14H,1-3H3. The molecule has 0 spiro atoms. The van der Waals surface area contributed by atoms with Gasteiger partial charge in [0.25, 0.3) is 0 Å². The van der Waals surface area contributed by atoms with Crippen LogP contribution in [0.5, 0.6) is 5.88 Å². The first-order valence-corrected chi connectivity index (χ1v) is 6.30. The Kier molecular flexibility index (Phi) is 3.76. The van der Waals surface area contributed by atoms with Crippen molar-refractivity contribution in [3.8, 4) is 5.88 Å². The summed E-state index contributed by atoms with van der Waals surface area (Å²) in [6.07, 6.45) is 1.74. The van der Waals surface area contributed by atoms with Crippen molar-refractivity contribution >= 4 is 11.3 Å². The normalized spacial score (nSPS) is 12.4. The maximum absolute atomic E-state index is 5.31. The number of rotatable bonds is 4. The summed E-state index contributed by atoms with van der Waals surface area (Å²) in [4.78, 5) is 6.82. The van der Waals surface area contributed by atoms with Crippen LogP contribution in [0.15, 0.2) is 30.5 Å². The van der Waals surface area contributed by atoms with Crippen molar-refractivity contribution in [2.45, 2.75) is 13.0 Å². The molecule has 1 atom stereocenters. The van der Waals surface area contributed by atoms with Gasteiger partial charge in [0.15, 0.2) is 0 Å². The number of pyridine rings is 1. The van der Waals surface area contributed by atoms with Gasteiger partial charge in [-0.25, -0.2) is 4.98 Å². The maximum atomic E-state index is 5.31. The van der Waals surface area contributed by atoms with E-state index in [0.717, 1.165) is 5.56 Å². The lowest BCUT2D eigenvalue weighted by atomic mass is 10.1. The van der Waals surface area contributed by atoms with Crippen LogP contribution < -0.4 is 10.1 Å². The van der Waals surface area contributed by atoms with Gasteiger partial charge in [-0.2, -0.15) is 0 Å². The highest BCUT2D eigenvalue weighted by atomic mass is 32.1. The third-order valence-corrected chi connectivity index (χ3v) is 3.70. The van der Waals surface area contributed by atoms with Crippen LogP contribution in [-0.2, 0) is 0 Å². The number of nitrogens with one attached hydrogen (secondary N) is 1. The van der Waals surface area contributed by atoms with Crippen LogP contribution in [0.4, 0.5) is 0 Å². The second kappa shape index (κ2) is 5.29. The van der Waals surface area contributed by atoms with Gasteiger partial charge in [-0.3, -0.25) is 0 Å². The van der Waals surface area contributed by atoms with E-state index in [1.807, 2.05) is 19.2 Å². The topological polar surface area (TPSA) is 34.2 Å². The molecule has 0 aliphatic rings. The van der Waals surface area contributed by atoms with E-state index in [4.69, 9.17) is 4.74 Å². The Labute approximate surface area is 105 Å². The molecule has 0 amide bonds. The van der Waals surface area contributed by atoms with Crippen molar-refractivity contribution < 1.29 is 4.74 Å². The van der Waals surface area contributed by atoms with Crippen LogP contribution in [0.3, 0.4) is 0 Å². The molecule has 2 rings (SSSR count). The Morgan fingerprint density at radius 2 is 2.18 bits per heavy atom. The van der Waals surface area contributed by atoms with Crippen molar-refractivity contribution in [3.05, 3.63) is 45.8 Å². The average Bonchev–Trinajstić information content (AvgIpc) is 2.77. The minimum Gasteiger partial charge on any atom is -0.481 e. The largest absolute Gasteiger partial charge is 0.481 e. The van der Waals surface area contributed by atoms with Gasteiger partial charge >= 0.3 is 0 Å². The fourth-order valence-electron chi connectivity index (χ4n) is 1.85. The van der Waals surface area contributed by atoms with Crippen LogP contribution in [0, 0.1) is 6.92 Å². The molecule has 2 aromatic rings. The summed E-state index contributed by atoms with van der Waals surface area (Å²) in [6.45, 7) is 2.11.